The number of thiophene rings is 1. The summed E-state index contributed by atoms with van der Waals surface area (Å²) < 4.78 is 0. The normalized spacial score (nSPS) is 12.2. The van der Waals surface area contributed by atoms with E-state index in [4.69, 9.17) is 11.6 Å². The Labute approximate surface area is 133 Å². The molecule has 0 radical (unpaired) electrons. The van der Waals surface area contributed by atoms with E-state index in [0.717, 1.165) is 17.3 Å². The van der Waals surface area contributed by atoms with Crippen LogP contribution in [0.15, 0.2) is 65.5 Å². The SMILES string of the molecule is Clc1ccc([C@@H](NCc2ccccn2)c2ccsc2)cc1. The lowest BCUT2D eigenvalue weighted by molar-refractivity contribution is 0.598. The summed E-state index contributed by atoms with van der Waals surface area (Å²) in [4.78, 5) is 4.36. The molecule has 4 heteroatoms. The van der Waals surface area contributed by atoms with Crippen LogP contribution in [0, 0.1) is 0 Å². The molecule has 0 bridgehead atoms. The molecule has 21 heavy (non-hydrogen) atoms. The van der Waals surface area contributed by atoms with Crippen LogP contribution in [-0.2, 0) is 6.54 Å². The standard InChI is InChI=1S/C17H15ClN2S/c18-15-6-4-13(5-7-15)17(14-8-10-21-12-14)20-11-16-3-1-2-9-19-16/h1-10,12,17,20H,11H2/t17-/m1/s1. The fourth-order valence-electron chi connectivity index (χ4n) is 2.23. The Morgan fingerprint density at radius 2 is 1.90 bits per heavy atom. The minimum atomic E-state index is 0.149. The molecule has 1 atom stereocenters. The monoisotopic (exact) mass is 314 g/mol. The first-order chi connectivity index (χ1) is 10.3. The van der Waals surface area contributed by atoms with Gasteiger partial charge in [0.1, 0.15) is 0 Å². The minimum absolute atomic E-state index is 0.149. The zero-order valence-electron chi connectivity index (χ0n) is 11.4. The van der Waals surface area contributed by atoms with E-state index in [-0.39, 0.29) is 6.04 Å². The predicted molar refractivity (Wildman–Crippen MR) is 88.7 cm³/mol. The quantitative estimate of drug-likeness (QED) is 0.740. The lowest BCUT2D eigenvalue weighted by atomic mass is 10.0. The smallest absolute Gasteiger partial charge is 0.0588 e. The molecule has 1 N–H and O–H groups in total. The fourth-order valence-corrected chi connectivity index (χ4v) is 3.04. The molecule has 0 amide bonds. The van der Waals surface area contributed by atoms with Gasteiger partial charge < -0.3 is 5.32 Å². The van der Waals surface area contributed by atoms with Gasteiger partial charge in [-0.3, -0.25) is 4.98 Å². The summed E-state index contributed by atoms with van der Waals surface area (Å²) in [6, 6.07) is 16.2. The van der Waals surface area contributed by atoms with Crippen LogP contribution in [0.1, 0.15) is 22.9 Å². The molecular formula is C17H15ClN2S. The third-order valence-electron chi connectivity index (χ3n) is 3.29. The van der Waals surface area contributed by atoms with Gasteiger partial charge in [-0.1, -0.05) is 29.8 Å². The van der Waals surface area contributed by atoms with E-state index in [1.807, 2.05) is 36.5 Å². The summed E-state index contributed by atoms with van der Waals surface area (Å²) in [6.07, 6.45) is 1.82. The van der Waals surface area contributed by atoms with E-state index in [9.17, 15) is 0 Å². The number of rotatable bonds is 5. The van der Waals surface area contributed by atoms with Crippen molar-refractivity contribution in [3.05, 3.63) is 87.3 Å². The van der Waals surface area contributed by atoms with E-state index < -0.39 is 0 Å². The van der Waals surface area contributed by atoms with Crippen molar-refractivity contribution in [3.8, 4) is 0 Å². The van der Waals surface area contributed by atoms with Gasteiger partial charge in [-0.05, 0) is 52.2 Å². The summed E-state index contributed by atoms with van der Waals surface area (Å²) in [5.74, 6) is 0. The number of pyridine rings is 1. The largest absolute Gasteiger partial charge is 0.301 e. The molecule has 106 valence electrons. The Balaban J connectivity index is 1.81. The van der Waals surface area contributed by atoms with Crippen molar-refractivity contribution in [2.24, 2.45) is 0 Å². The number of hydrogen-bond acceptors (Lipinski definition) is 3. The Kier molecular flexibility index (Phi) is 4.65. The van der Waals surface area contributed by atoms with Crippen LogP contribution in [0.25, 0.3) is 0 Å². The van der Waals surface area contributed by atoms with Gasteiger partial charge in [-0.25, -0.2) is 0 Å². The van der Waals surface area contributed by atoms with Crippen LogP contribution < -0.4 is 5.32 Å². The zero-order valence-corrected chi connectivity index (χ0v) is 12.9. The van der Waals surface area contributed by atoms with Gasteiger partial charge in [0.05, 0.1) is 11.7 Å². The van der Waals surface area contributed by atoms with Crippen molar-refractivity contribution < 1.29 is 0 Å². The van der Waals surface area contributed by atoms with Gasteiger partial charge >= 0.3 is 0 Å². The first-order valence-electron chi connectivity index (χ1n) is 6.74. The Morgan fingerprint density at radius 1 is 1.05 bits per heavy atom. The number of benzene rings is 1. The maximum Gasteiger partial charge on any atom is 0.0588 e. The van der Waals surface area contributed by atoms with Crippen LogP contribution >= 0.6 is 22.9 Å². The molecule has 0 unspecified atom stereocenters. The number of hydrogen-bond donors (Lipinski definition) is 1. The fraction of sp³-hybridized carbons (Fsp3) is 0.118. The third-order valence-corrected chi connectivity index (χ3v) is 4.25. The topological polar surface area (TPSA) is 24.9 Å². The maximum absolute atomic E-state index is 5.99. The molecule has 0 saturated carbocycles. The van der Waals surface area contributed by atoms with E-state index in [1.54, 1.807) is 11.3 Å². The van der Waals surface area contributed by atoms with Crippen molar-refractivity contribution in [2.75, 3.05) is 0 Å². The molecule has 2 aromatic heterocycles. The second-order valence-corrected chi connectivity index (χ2v) is 5.96. The second kappa shape index (κ2) is 6.85. The van der Waals surface area contributed by atoms with Gasteiger partial charge in [-0.15, -0.1) is 0 Å². The third kappa shape index (κ3) is 3.70. The molecular weight excluding hydrogens is 300 g/mol. The van der Waals surface area contributed by atoms with E-state index in [2.05, 4.69) is 39.3 Å². The lowest BCUT2D eigenvalue weighted by Gasteiger charge is -2.18. The molecule has 0 aliphatic heterocycles. The number of nitrogens with zero attached hydrogens (tertiary/aromatic N) is 1. The van der Waals surface area contributed by atoms with Gasteiger partial charge in [0.2, 0.25) is 0 Å². The number of nitrogens with one attached hydrogen (secondary N) is 1. The van der Waals surface area contributed by atoms with E-state index in [1.165, 1.54) is 11.1 Å². The molecule has 1 aromatic carbocycles. The first-order valence-corrected chi connectivity index (χ1v) is 8.06. The Bertz CT molecular complexity index is 666. The van der Waals surface area contributed by atoms with Crippen LogP contribution in [-0.4, -0.2) is 4.98 Å². The molecule has 0 spiro atoms. The molecule has 3 aromatic rings. The van der Waals surface area contributed by atoms with Gasteiger partial charge in [0.15, 0.2) is 0 Å². The molecule has 0 fully saturated rings. The highest BCUT2D eigenvalue weighted by atomic mass is 35.5. The maximum atomic E-state index is 5.99. The Hall–Kier alpha value is -1.68. The average Bonchev–Trinajstić information content (AvgIpc) is 3.04. The molecule has 3 rings (SSSR count). The van der Waals surface area contributed by atoms with E-state index >= 15 is 0 Å². The highest BCUT2D eigenvalue weighted by Gasteiger charge is 2.14. The van der Waals surface area contributed by atoms with Crippen molar-refractivity contribution in [2.45, 2.75) is 12.6 Å². The van der Waals surface area contributed by atoms with Crippen molar-refractivity contribution in [1.82, 2.24) is 10.3 Å². The van der Waals surface area contributed by atoms with Gasteiger partial charge in [-0.2, -0.15) is 11.3 Å². The molecule has 0 saturated heterocycles. The average molecular weight is 315 g/mol. The van der Waals surface area contributed by atoms with Crippen molar-refractivity contribution in [1.29, 1.82) is 0 Å². The lowest BCUT2D eigenvalue weighted by Crippen LogP contribution is -2.22. The molecule has 0 aliphatic carbocycles. The van der Waals surface area contributed by atoms with Crippen LogP contribution in [0.2, 0.25) is 5.02 Å². The van der Waals surface area contributed by atoms with Gasteiger partial charge in [0.25, 0.3) is 0 Å². The first kappa shape index (κ1) is 14.3. The molecule has 0 aliphatic rings. The summed E-state index contributed by atoms with van der Waals surface area (Å²) in [7, 11) is 0. The summed E-state index contributed by atoms with van der Waals surface area (Å²) in [5, 5.41) is 8.60. The number of halogens is 1. The second-order valence-electron chi connectivity index (χ2n) is 4.74. The zero-order chi connectivity index (χ0) is 14.5. The predicted octanol–water partition coefficient (Wildman–Crippen LogP) is 4.68. The van der Waals surface area contributed by atoms with Gasteiger partial charge in [0, 0.05) is 17.8 Å². The van der Waals surface area contributed by atoms with Crippen LogP contribution in [0.4, 0.5) is 0 Å². The highest BCUT2D eigenvalue weighted by molar-refractivity contribution is 7.08. The van der Waals surface area contributed by atoms with Crippen LogP contribution in [0.3, 0.4) is 0 Å². The summed E-state index contributed by atoms with van der Waals surface area (Å²) in [5.41, 5.74) is 3.50. The number of aromatic nitrogens is 1. The van der Waals surface area contributed by atoms with E-state index in [0.29, 0.717) is 0 Å². The minimum Gasteiger partial charge on any atom is -0.301 e. The summed E-state index contributed by atoms with van der Waals surface area (Å²) >= 11 is 7.69. The summed E-state index contributed by atoms with van der Waals surface area (Å²) in [6.45, 7) is 0.726. The molecule has 2 nitrogen and oxygen atoms in total. The highest BCUT2D eigenvalue weighted by Crippen LogP contribution is 2.25. The molecule has 2 heterocycles. The Morgan fingerprint density at radius 3 is 2.57 bits per heavy atom. The van der Waals surface area contributed by atoms with Crippen LogP contribution in [0.5, 0.6) is 0 Å². The van der Waals surface area contributed by atoms with Crippen molar-refractivity contribution >= 4 is 22.9 Å². The van der Waals surface area contributed by atoms with Crippen molar-refractivity contribution in [3.63, 3.8) is 0 Å².